The first-order valence-electron chi connectivity index (χ1n) is 13.4. The van der Waals surface area contributed by atoms with Crippen LogP contribution in [0.5, 0.6) is 0 Å². The molecule has 4 aliphatic rings. The van der Waals surface area contributed by atoms with E-state index in [-0.39, 0.29) is 34.6 Å². The number of ketones is 2. The lowest BCUT2D eigenvalue weighted by atomic mass is 9.42. The molecular formula is C28H44O4. The second kappa shape index (κ2) is 8.87. The molecule has 4 aliphatic carbocycles. The molecule has 0 spiro atoms. The first-order valence-corrected chi connectivity index (χ1v) is 13.4. The molecule has 180 valence electrons. The summed E-state index contributed by atoms with van der Waals surface area (Å²) in [7, 11) is 0. The fourth-order valence-electron chi connectivity index (χ4n) is 9.20. The zero-order valence-electron chi connectivity index (χ0n) is 21.0. The number of fused-ring (bicyclic) bond motifs is 5. The number of hydrogen-bond donors (Lipinski definition) is 0. The highest BCUT2D eigenvalue weighted by molar-refractivity contribution is 5.88. The highest BCUT2D eigenvalue weighted by Gasteiger charge is 2.65. The zero-order chi connectivity index (χ0) is 23.3. The summed E-state index contributed by atoms with van der Waals surface area (Å²) < 4.78 is 5.16. The zero-order valence-corrected chi connectivity index (χ0v) is 21.0. The van der Waals surface area contributed by atoms with Crippen LogP contribution in [0.25, 0.3) is 0 Å². The van der Waals surface area contributed by atoms with E-state index in [9.17, 15) is 14.4 Å². The molecule has 0 aromatic carbocycles. The molecule has 0 aliphatic heterocycles. The predicted octanol–water partition coefficient (Wildman–Crippen LogP) is 6.01. The van der Waals surface area contributed by atoms with E-state index in [1.165, 1.54) is 12.8 Å². The lowest BCUT2D eigenvalue weighted by Gasteiger charge is -2.61. The molecule has 32 heavy (non-hydrogen) atoms. The maximum absolute atomic E-state index is 14.0. The third-order valence-electron chi connectivity index (χ3n) is 10.8. The van der Waals surface area contributed by atoms with Gasteiger partial charge in [-0.25, -0.2) is 0 Å². The topological polar surface area (TPSA) is 60.4 Å². The third-order valence-corrected chi connectivity index (χ3v) is 10.8. The van der Waals surface area contributed by atoms with Crippen LogP contribution >= 0.6 is 0 Å². The van der Waals surface area contributed by atoms with Gasteiger partial charge in [0.1, 0.15) is 11.6 Å². The summed E-state index contributed by atoms with van der Waals surface area (Å²) in [6.07, 6.45) is 9.20. The minimum Gasteiger partial charge on any atom is -0.466 e. The van der Waals surface area contributed by atoms with Crippen LogP contribution in [0.1, 0.15) is 98.8 Å². The molecule has 0 heterocycles. The number of rotatable bonds is 6. The maximum Gasteiger partial charge on any atom is 0.305 e. The minimum atomic E-state index is -0.0817. The van der Waals surface area contributed by atoms with Crippen molar-refractivity contribution in [2.24, 2.45) is 52.3 Å². The van der Waals surface area contributed by atoms with Crippen LogP contribution in [0.3, 0.4) is 0 Å². The summed E-state index contributed by atoms with van der Waals surface area (Å²) in [6.45, 7) is 11.7. The SMILES string of the molecule is CCOC(=O)CC[C@@H](C)[C@H]1CCC2C3C(=O)[C@H](CC)[C@@H]4CC(=O)CC[C@]4(C)C3CC[C@@]21C. The van der Waals surface area contributed by atoms with Crippen LogP contribution in [0.4, 0.5) is 0 Å². The average Bonchev–Trinajstić information content (AvgIpc) is 3.11. The van der Waals surface area contributed by atoms with Crippen molar-refractivity contribution in [1.29, 1.82) is 0 Å². The number of carbonyl (C=O) groups excluding carboxylic acids is 3. The molecular weight excluding hydrogens is 400 g/mol. The molecule has 4 saturated carbocycles. The Labute approximate surface area is 194 Å². The normalized spacial score (nSPS) is 44.4. The van der Waals surface area contributed by atoms with E-state index in [1.807, 2.05) is 6.92 Å². The van der Waals surface area contributed by atoms with E-state index in [0.29, 0.717) is 61.1 Å². The molecule has 4 heteroatoms. The quantitative estimate of drug-likeness (QED) is 0.471. The first kappa shape index (κ1) is 24.0. The van der Waals surface area contributed by atoms with Crippen molar-refractivity contribution >= 4 is 17.5 Å². The molecule has 4 rings (SSSR count). The summed E-state index contributed by atoms with van der Waals surface area (Å²) in [6, 6.07) is 0. The van der Waals surface area contributed by atoms with E-state index in [2.05, 4.69) is 27.7 Å². The van der Waals surface area contributed by atoms with Crippen molar-refractivity contribution in [3.8, 4) is 0 Å². The van der Waals surface area contributed by atoms with Gasteiger partial charge in [-0.05, 0) is 92.3 Å². The molecule has 0 aromatic rings. The number of Topliss-reactive ketones (excluding diaryl/α,β-unsaturated/α-hetero) is 2. The Kier molecular flexibility index (Phi) is 6.64. The average molecular weight is 445 g/mol. The third kappa shape index (κ3) is 3.68. The minimum absolute atomic E-state index is 0.0631. The second-order valence-corrected chi connectivity index (χ2v) is 12.1. The van der Waals surface area contributed by atoms with E-state index in [1.54, 1.807) is 0 Å². The first-order chi connectivity index (χ1) is 15.2. The van der Waals surface area contributed by atoms with Crippen LogP contribution in [0.15, 0.2) is 0 Å². The maximum atomic E-state index is 14.0. The number of esters is 1. The Morgan fingerprint density at radius 1 is 1.03 bits per heavy atom. The highest BCUT2D eigenvalue weighted by Crippen LogP contribution is 2.68. The summed E-state index contributed by atoms with van der Waals surface area (Å²) in [5.41, 5.74) is 0.332. The van der Waals surface area contributed by atoms with Crippen molar-refractivity contribution in [3.05, 3.63) is 0 Å². The van der Waals surface area contributed by atoms with E-state index in [4.69, 9.17) is 4.74 Å². The van der Waals surface area contributed by atoms with Crippen LogP contribution in [-0.4, -0.2) is 24.1 Å². The summed E-state index contributed by atoms with van der Waals surface area (Å²) in [5.74, 6) is 3.24. The van der Waals surface area contributed by atoms with E-state index < -0.39 is 0 Å². The lowest BCUT2D eigenvalue weighted by Crippen LogP contribution is -2.60. The van der Waals surface area contributed by atoms with Crippen molar-refractivity contribution in [1.82, 2.24) is 0 Å². The Bertz CT molecular complexity index is 759. The standard InChI is InChI=1S/C28H44O4/c1-6-19-23-16-18(29)12-14-28(23,5)22-13-15-27(4)20(9-10-21(27)25(22)26(19)31)17(3)8-11-24(30)32-7-2/h17,19-23,25H,6-16H2,1-5H3/t17-,19-,20-,21?,22?,23+,25?,27-,28-/m1/s1. The van der Waals surface area contributed by atoms with E-state index in [0.717, 1.165) is 32.1 Å². The Balaban J connectivity index is 1.57. The lowest BCUT2D eigenvalue weighted by molar-refractivity contribution is -0.169. The molecule has 0 saturated heterocycles. The van der Waals surface area contributed by atoms with Gasteiger partial charge in [0, 0.05) is 31.1 Å². The largest absolute Gasteiger partial charge is 0.466 e. The monoisotopic (exact) mass is 444 g/mol. The van der Waals surface area contributed by atoms with Gasteiger partial charge in [0.15, 0.2) is 0 Å². The fraction of sp³-hybridized carbons (Fsp3) is 0.893. The Morgan fingerprint density at radius 3 is 2.44 bits per heavy atom. The Morgan fingerprint density at radius 2 is 1.75 bits per heavy atom. The van der Waals surface area contributed by atoms with Crippen LogP contribution < -0.4 is 0 Å². The van der Waals surface area contributed by atoms with Crippen molar-refractivity contribution in [2.45, 2.75) is 98.8 Å². The van der Waals surface area contributed by atoms with Gasteiger partial charge in [0.25, 0.3) is 0 Å². The Hall–Kier alpha value is -1.19. The van der Waals surface area contributed by atoms with Crippen molar-refractivity contribution in [2.75, 3.05) is 6.61 Å². The van der Waals surface area contributed by atoms with Gasteiger partial charge in [-0.2, -0.15) is 0 Å². The van der Waals surface area contributed by atoms with Crippen LogP contribution in [0, 0.1) is 52.3 Å². The molecule has 0 amide bonds. The molecule has 0 N–H and O–H groups in total. The van der Waals surface area contributed by atoms with Gasteiger partial charge in [0.05, 0.1) is 6.61 Å². The van der Waals surface area contributed by atoms with Gasteiger partial charge < -0.3 is 4.74 Å². The molecule has 3 unspecified atom stereocenters. The van der Waals surface area contributed by atoms with Gasteiger partial charge in [-0.1, -0.05) is 27.7 Å². The van der Waals surface area contributed by atoms with Gasteiger partial charge in [0.2, 0.25) is 0 Å². The van der Waals surface area contributed by atoms with E-state index >= 15 is 0 Å². The van der Waals surface area contributed by atoms with Crippen molar-refractivity contribution in [3.63, 3.8) is 0 Å². The van der Waals surface area contributed by atoms with Gasteiger partial charge >= 0.3 is 5.97 Å². The number of ether oxygens (including phenoxy) is 1. The van der Waals surface area contributed by atoms with Crippen molar-refractivity contribution < 1.29 is 19.1 Å². The molecule has 0 radical (unpaired) electrons. The summed E-state index contributed by atoms with van der Waals surface area (Å²) in [5, 5.41) is 0. The molecule has 0 aromatic heterocycles. The summed E-state index contributed by atoms with van der Waals surface area (Å²) >= 11 is 0. The second-order valence-electron chi connectivity index (χ2n) is 12.1. The number of carbonyl (C=O) groups is 3. The molecule has 9 atom stereocenters. The fourth-order valence-corrected chi connectivity index (χ4v) is 9.20. The molecule has 4 nitrogen and oxygen atoms in total. The van der Waals surface area contributed by atoms with Gasteiger partial charge in [-0.3, -0.25) is 14.4 Å². The van der Waals surface area contributed by atoms with Crippen LogP contribution in [0.2, 0.25) is 0 Å². The van der Waals surface area contributed by atoms with Crippen LogP contribution in [-0.2, 0) is 19.1 Å². The molecule has 4 fully saturated rings. The van der Waals surface area contributed by atoms with Gasteiger partial charge in [-0.15, -0.1) is 0 Å². The summed E-state index contributed by atoms with van der Waals surface area (Å²) in [4.78, 5) is 38.2. The molecule has 0 bridgehead atoms. The predicted molar refractivity (Wildman–Crippen MR) is 125 cm³/mol. The highest BCUT2D eigenvalue weighted by atomic mass is 16.5. The smallest absolute Gasteiger partial charge is 0.305 e. The number of hydrogen-bond acceptors (Lipinski definition) is 4.